The molecule has 0 aromatic heterocycles. The third-order valence-corrected chi connectivity index (χ3v) is 7.74. The van der Waals surface area contributed by atoms with E-state index in [1.165, 1.54) is 10.5 Å². The molecule has 1 aliphatic rings. The zero-order valence-electron chi connectivity index (χ0n) is 24.6. The summed E-state index contributed by atoms with van der Waals surface area (Å²) in [6, 6.07) is 27.5. The number of piperidine rings is 1. The van der Waals surface area contributed by atoms with E-state index in [9.17, 15) is 14.4 Å². The molecule has 0 unspecified atom stereocenters. The van der Waals surface area contributed by atoms with Crippen LogP contribution in [-0.4, -0.2) is 53.7 Å². The van der Waals surface area contributed by atoms with E-state index >= 15 is 0 Å². The van der Waals surface area contributed by atoms with Gasteiger partial charge in [-0.15, -0.1) is 0 Å². The predicted molar refractivity (Wildman–Crippen MR) is 165 cm³/mol. The second-order valence-electron chi connectivity index (χ2n) is 12.1. The van der Waals surface area contributed by atoms with Crippen LogP contribution in [0.5, 0.6) is 0 Å². The Balaban J connectivity index is 1.30. The van der Waals surface area contributed by atoms with Gasteiger partial charge in [0.15, 0.2) is 0 Å². The van der Waals surface area contributed by atoms with Crippen LogP contribution in [-0.2, 0) is 27.2 Å². The topological polar surface area (TPSA) is 69.7 Å². The summed E-state index contributed by atoms with van der Waals surface area (Å²) in [5.41, 5.74) is 3.51. The molecule has 1 fully saturated rings. The van der Waals surface area contributed by atoms with Crippen LogP contribution in [0, 0.1) is 5.41 Å². The fourth-order valence-electron chi connectivity index (χ4n) is 5.25. The Morgan fingerprint density at radius 2 is 1.37 bits per heavy atom. The zero-order valence-corrected chi connectivity index (χ0v) is 24.6. The van der Waals surface area contributed by atoms with Crippen LogP contribution >= 0.6 is 0 Å². The first-order valence-corrected chi connectivity index (χ1v) is 14.7. The predicted octanol–water partition coefficient (Wildman–Crippen LogP) is 6.08. The van der Waals surface area contributed by atoms with Crippen molar-refractivity contribution < 1.29 is 14.4 Å². The highest BCUT2D eigenvalue weighted by atomic mass is 16.2. The second kappa shape index (κ2) is 14.2. The molecule has 0 atom stereocenters. The normalized spacial score (nSPS) is 14.4. The summed E-state index contributed by atoms with van der Waals surface area (Å²) in [4.78, 5) is 42.8. The summed E-state index contributed by atoms with van der Waals surface area (Å²) in [5.74, 6) is 0.181. The van der Waals surface area contributed by atoms with E-state index in [1.807, 2.05) is 93.6 Å². The molecule has 1 aliphatic heterocycles. The molecule has 216 valence electrons. The molecule has 0 aliphatic carbocycles. The van der Waals surface area contributed by atoms with Crippen molar-refractivity contribution >= 4 is 23.4 Å². The maximum atomic E-state index is 13.2. The maximum absolute atomic E-state index is 13.2. The minimum Gasteiger partial charge on any atom is -0.326 e. The fraction of sp³-hybridized carbons (Fsp3) is 0.400. The number of nitrogens with one attached hydrogen (secondary N) is 1. The Morgan fingerprint density at radius 1 is 0.805 bits per heavy atom. The number of carbonyl (C=O) groups is 3. The van der Waals surface area contributed by atoms with E-state index in [0.29, 0.717) is 12.5 Å². The number of hydrogen-bond donors (Lipinski definition) is 1. The van der Waals surface area contributed by atoms with Gasteiger partial charge in [0, 0.05) is 17.6 Å². The highest BCUT2D eigenvalue weighted by Gasteiger charge is 2.25. The second-order valence-corrected chi connectivity index (χ2v) is 12.1. The molecular weight excluding hydrogens is 510 g/mol. The lowest BCUT2D eigenvalue weighted by Gasteiger charge is -2.33. The van der Waals surface area contributed by atoms with Gasteiger partial charge in [-0.1, -0.05) is 93.6 Å². The standard InChI is InChI=1S/C35H43N3O3/c1-35(2,3)34(41)36-31-17-10-16-30(26-31)29-18-22-37(23-19-29)20-11-21-38(32(39)24-27-12-6-4-7-13-27)33(40)25-28-14-8-5-9-15-28/h4-10,12-17,26,29H,11,18-25H2,1-3H3,(H,36,41). The summed E-state index contributed by atoms with van der Waals surface area (Å²) in [5, 5.41) is 3.05. The van der Waals surface area contributed by atoms with Gasteiger partial charge in [0.2, 0.25) is 17.7 Å². The average molecular weight is 554 g/mol. The first-order valence-electron chi connectivity index (χ1n) is 14.7. The number of likely N-dealkylation sites (tertiary alicyclic amines) is 1. The third kappa shape index (κ3) is 9.12. The summed E-state index contributed by atoms with van der Waals surface area (Å²) in [6.07, 6.45) is 3.28. The van der Waals surface area contributed by atoms with Gasteiger partial charge < -0.3 is 10.2 Å². The lowest BCUT2D eigenvalue weighted by molar-refractivity contribution is -0.144. The summed E-state index contributed by atoms with van der Waals surface area (Å²) < 4.78 is 0. The summed E-state index contributed by atoms with van der Waals surface area (Å²) in [6.45, 7) is 8.96. The smallest absolute Gasteiger partial charge is 0.233 e. The van der Waals surface area contributed by atoms with Crippen molar-refractivity contribution in [3.05, 3.63) is 102 Å². The Morgan fingerprint density at radius 3 is 1.90 bits per heavy atom. The summed E-state index contributed by atoms with van der Waals surface area (Å²) in [7, 11) is 0. The van der Waals surface area contributed by atoms with Crippen molar-refractivity contribution in [2.75, 3.05) is 31.5 Å². The van der Waals surface area contributed by atoms with Crippen LogP contribution in [0.1, 0.15) is 62.6 Å². The van der Waals surface area contributed by atoms with Crippen LogP contribution in [0.15, 0.2) is 84.9 Å². The van der Waals surface area contributed by atoms with Crippen LogP contribution in [0.25, 0.3) is 0 Å². The Labute approximate surface area is 244 Å². The largest absolute Gasteiger partial charge is 0.326 e. The molecule has 3 aromatic rings. The van der Waals surface area contributed by atoms with E-state index in [1.54, 1.807) is 0 Å². The molecule has 0 saturated carbocycles. The lowest BCUT2D eigenvalue weighted by Crippen LogP contribution is -2.41. The van der Waals surface area contributed by atoms with Crippen molar-refractivity contribution in [1.29, 1.82) is 0 Å². The number of rotatable bonds is 10. The zero-order chi connectivity index (χ0) is 29.2. The lowest BCUT2D eigenvalue weighted by atomic mass is 9.89. The molecule has 1 N–H and O–H groups in total. The van der Waals surface area contributed by atoms with Crippen LogP contribution in [0.4, 0.5) is 5.69 Å². The quantitative estimate of drug-likeness (QED) is 0.330. The molecule has 3 amide bonds. The van der Waals surface area contributed by atoms with Crippen LogP contribution in [0.3, 0.4) is 0 Å². The van der Waals surface area contributed by atoms with Crippen molar-refractivity contribution in [2.45, 2.75) is 58.8 Å². The van der Waals surface area contributed by atoms with E-state index in [-0.39, 0.29) is 30.6 Å². The highest BCUT2D eigenvalue weighted by Crippen LogP contribution is 2.30. The minimum absolute atomic E-state index is 0.0167. The van der Waals surface area contributed by atoms with Gasteiger partial charge >= 0.3 is 0 Å². The third-order valence-electron chi connectivity index (χ3n) is 7.74. The van der Waals surface area contributed by atoms with E-state index in [0.717, 1.165) is 55.7 Å². The van der Waals surface area contributed by atoms with Gasteiger partial charge in [0.05, 0.1) is 12.8 Å². The molecule has 41 heavy (non-hydrogen) atoms. The maximum Gasteiger partial charge on any atom is 0.233 e. The fourth-order valence-corrected chi connectivity index (χ4v) is 5.25. The molecule has 4 rings (SSSR count). The molecule has 3 aromatic carbocycles. The minimum atomic E-state index is -0.435. The van der Waals surface area contributed by atoms with Crippen LogP contribution < -0.4 is 5.32 Å². The van der Waals surface area contributed by atoms with Crippen LogP contribution in [0.2, 0.25) is 0 Å². The Hall–Kier alpha value is -3.77. The molecule has 1 heterocycles. The van der Waals surface area contributed by atoms with Gasteiger partial charge in [-0.25, -0.2) is 0 Å². The van der Waals surface area contributed by atoms with E-state index in [4.69, 9.17) is 0 Å². The molecule has 0 radical (unpaired) electrons. The number of nitrogens with zero attached hydrogens (tertiary/aromatic N) is 2. The van der Waals surface area contributed by atoms with Gasteiger partial charge in [0.1, 0.15) is 0 Å². The van der Waals surface area contributed by atoms with Crippen molar-refractivity contribution in [1.82, 2.24) is 9.80 Å². The van der Waals surface area contributed by atoms with Gasteiger partial charge in [-0.3, -0.25) is 19.3 Å². The number of anilines is 1. The monoisotopic (exact) mass is 553 g/mol. The molecule has 6 nitrogen and oxygen atoms in total. The molecule has 0 spiro atoms. The van der Waals surface area contributed by atoms with E-state index in [2.05, 4.69) is 22.3 Å². The number of amides is 3. The number of imide groups is 1. The average Bonchev–Trinajstić information content (AvgIpc) is 2.96. The molecule has 1 saturated heterocycles. The Kier molecular flexibility index (Phi) is 10.5. The molecular formula is C35H43N3O3. The first kappa shape index (κ1) is 30.2. The first-order chi connectivity index (χ1) is 19.7. The molecule has 0 bridgehead atoms. The molecule has 6 heteroatoms. The van der Waals surface area contributed by atoms with Gasteiger partial charge in [-0.2, -0.15) is 0 Å². The van der Waals surface area contributed by atoms with E-state index < -0.39 is 5.41 Å². The Bertz CT molecular complexity index is 1240. The highest BCUT2D eigenvalue weighted by molar-refractivity contribution is 5.97. The SMILES string of the molecule is CC(C)(C)C(=O)Nc1cccc(C2CCN(CCCN(C(=O)Cc3ccccc3)C(=O)Cc3ccccc3)CC2)c1. The number of carbonyl (C=O) groups excluding carboxylic acids is 3. The van der Waals surface area contributed by atoms with Gasteiger partial charge in [-0.05, 0) is 73.6 Å². The number of benzene rings is 3. The van der Waals surface area contributed by atoms with Crippen molar-refractivity contribution in [3.63, 3.8) is 0 Å². The van der Waals surface area contributed by atoms with Gasteiger partial charge in [0.25, 0.3) is 0 Å². The van der Waals surface area contributed by atoms with Crippen molar-refractivity contribution in [3.8, 4) is 0 Å². The van der Waals surface area contributed by atoms with Crippen molar-refractivity contribution in [2.24, 2.45) is 5.41 Å². The summed E-state index contributed by atoms with van der Waals surface area (Å²) >= 11 is 0. The number of hydrogen-bond acceptors (Lipinski definition) is 4.